The number of ether oxygens (including phenoxy) is 2. The van der Waals surface area contributed by atoms with Crippen molar-refractivity contribution in [2.24, 2.45) is 5.92 Å². The molecule has 1 aliphatic rings. The van der Waals surface area contributed by atoms with Crippen LogP contribution in [0.2, 0.25) is 0 Å². The van der Waals surface area contributed by atoms with Gasteiger partial charge in [0, 0.05) is 11.5 Å². The van der Waals surface area contributed by atoms with E-state index in [-0.39, 0.29) is 11.7 Å². The highest BCUT2D eigenvalue weighted by Crippen LogP contribution is 2.52. The highest BCUT2D eigenvalue weighted by atomic mass is 16.5. The average Bonchev–Trinajstić information content (AvgIpc) is 2.83. The molecule has 1 aliphatic carbocycles. The van der Waals surface area contributed by atoms with Crippen LogP contribution in [0, 0.1) is 5.92 Å². The zero-order valence-corrected chi connectivity index (χ0v) is 12.6. The van der Waals surface area contributed by atoms with Crippen LogP contribution in [-0.2, 0) is 6.42 Å². The zero-order valence-electron chi connectivity index (χ0n) is 12.6. The normalized spacial score (nSPS) is 20.1. The van der Waals surface area contributed by atoms with E-state index in [1.54, 1.807) is 14.2 Å². The highest BCUT2D eigenvalue weighted by molar-refractivity contribution is 5.63. The molecular formula is C18H20O3. The summed E-state index contributed by atoms with van der Waals surface area (Å²) in [5.74, 6) is 1.82. The van der Waals surface area contributed by atoms with Crippen LogP contribution < -0.4 is 9.47 Å². The fourth-order valence-electron chi connectivity index (χ4n) is 3.47. The minimum absolute atomic E-state index is 0.0915. The third-order valence-electron chi connectivity index (χ3n) is 4.35. The minimum atomic E-state index is 0.0915. The molecule has 1 N–H and O–H groups in total. The summed E-state index contributed by atoms with van der Waals surface area (Å²) in [7, 11) is 3.16. The Labute approximate surface area is 125 Å². The molecule has 0 aliphatic heterocycles. The molecule has 2 aromatic carbocycles. The van der Waals surface area contributed by atoms with Crippen LogP contribution in [0.25, 0.3) is 0 Å². The Morgan fingerprint density at radius 3 is 2.43 bits per heavy atom. The molecule has 110 valence electrons. The van der Waals surface area contributed by atoms with E-state index >= 15 is 0 Å². The lowest BCUT2D eigenvalue weighted by atomic mass is 9.86. The molecule has 0 radical (unpaired) electrons. The van der Waals surface area contributed by atoms with Gasteiger partial charge in [-0.1, -0.05) is 37.3 Å². The summed E-state index contributed by atoms with van der Waals surface area (Å²) in [5.41, 5.74) is 3.55. The molecule has 0 fully saturated rings. The maximum absolute atomic E-state index is 10.4. The molecule has 0 amide bonds. The fraction of sp³-hybridized carbons (Fsp3) is 0.333. The number of benzene rings is 2. The molecular weight excluding hydrogens is 264 g/mol. The summed E-state index contributed by atoms with van der Waals surface area (Å²) in [5, 5.41) is 10.4. The van der Waals surface area contributed by atoms with Gasteiger partial charge in [0.2, 0.25) is 5.75 Å². The lowest BCUT2D eigenvalue weighted by molar-refractivity contribution is 0.336. The highest BCUT2D eigenvalue weighted by Gasteiger charge is 2.36. The summed E-state index contributed by atoms with van der Waals surface area (Å²) in [4.78, 5) is 0. The SMILES string of the molecule is COc1cc2c(c(OC)c1O)[C@H](c1ccccc1)[C@@H](C)C2. The van der Waals surface area contributed by atoms with Gasteiger partial charge < -0.3 is 14.6 Å². The second-order valence-corrected chi connectivity index (χ2v) is 5.60. The van der Waals surface area contributed by atoms with E-state index in [1.165, 1.54) is 11.1 Å². The Hall–Kier alpha value is -2.16. The Balaban J connectivity index is 2.20. The Morgan fingerprint density at radius 2 is 1.81 bits per heavy atom. The van der Waals surface area contributed by atoms with E-state index in [9.17, 15) is 5.11 Å². The molecule has 3 rings (SSSR count). The van der Waals surface area contributed by atoms with Gasteiger partial charge in [-0.3, -0.25) is 0 Å². The van der Waals surface area contributed by atoms with Crippen molar-refractivity contribution in [3.8, 4) is 17.2 Å². The maximum atomic E-state index is 10.4. The van der Waals surface area contributed by atoms with E-state index in [2.05, 4.69) is 31.2 Å². The number of phenolic OH excluding ortho intramolecular Hbond substituents is 1. The van der Waals surface area contributed by atoms with Crippen molar-refractivity contribution in [1.82, 2.24) is 0 Å². The Bertz CT molecular complexity index is 649. The van der Waals surface area contributed by atoms with Gasteiger partial charge in [-0.05, 0) is 29.5 Å². The number of phenols is 1. The molecule has 0 saturated heterocycles. The van der Waals surface area contributed by atoms with Gasteiger partial charge in [-0.15, -0.1) is 0 Å². The first-order valence-corrected chi connectivity index (χ1v) is 7.19. The molecule has 2 aromatic rings. The number of hydrogen-bond acceptors (Lipinski definition) is 3. The predicted molar refractivity (Wildman–Crippen MR) is 82.4 cm³/mol. The zero-order chi connectivity index (χ0) is 15.0. The van der Waals surface area contributed by atoms with Crippen molar-refractivity contribution >= 4 is 0 Å². The summed E-state index contributed by atoms with van der Waals surface area (Å²) in [6.07, 6.45) is 0.960. The van der Waals surface area contributed by atoms with Gasteiger partial charge >= 0.3 is 0 Å². The smallest absolute Gasteiger partial charge is 0.201 e. The number of fused-ring (bicyclic) bond motifs is 1. The largest absolute Gasteiger partial charge is 0.502 e. The van der Waals surface area contributed by atoms with Gasteiger partial charge in [0.15, 0.2) is 11.5 Å². The fourth-order valence-corrected chi connectivity index (χ4v) is 3.47. The van der Waals surface area contributed by atoms with E-state index in [4.69, 9.17) is 9.47 Å². The molecule has 0 aromatic heterocycles. The monoisotopic (exact) mass is 284 g/mol. The molecule has 21 heavy (non-hydrogen) atoms. The van der Waals surface area contributed by atoms with Gasteiger partial charge in [-0.2, -0.15) is 0 Å². The van der Waals surface area contributed by atoms with Crippen molar-refractivity contribution in [1.29, 1.82) is 0 Å². The van der Waals surface area contributed by atoms with E-state index < -0.39 is 0 Å². The first-order valence-electron chi connectivity index (χ1n) is 7.19. The summed E-state index contributed by atoms with van der Waals surface area (Å²) >= 11 is 0. The van der Waals surface area contributed by atoms with Crippen LogP contribution in [-0.4, -0.2) is 19.3 Å². The first-order chi connectivity index (χ1) is 10.2. The Morgan fingerprint density at radius 1 is 1.10 bits per heavy atom. The summed E-state index contributed by atoms with van der Waals surface area (Å²) in [6, 6.07) is 12.3. The molecule has 0 unspecified atom stereocenters. The molecule has 3 nitrogen and oxygen atoms in total. The predicted octanol–water partition coefficient (Wildman–Crippen LogP) is 3.73. The van der Waals surface area contributed by atoms with Gasteiger partial charge in [-0.25, -0.2) is 0 Å². The number of methoxy groups -OCH3 is 2. The van der Waals surface area contributed by atoms with E-state index in [0.717, 1.165) is 12.0 Å². The maximum Gasteiger partial charge on any atom is 0.201 e. The van der Waals surface area contributed by atoms with Crippen LogP contribution in [0.1, 0.15) is 29.5 Å². The lowest BCUT2D eigenvalue weighted by Crippen LogP contribution is -2.06. The van der Waals surface area contributed by atoms with Crippen molar-refractivity contribution in [3.05, 3.63) is 53.1 Å². The van der Waals surface area contributed by atoms with Gasteiger partial charge in [0.05, 0.1) is 14.2 Å². The third-order valence-corrected chi connectivity index (χ3v) is 4.35. The van der Waals surface area contributed by atoms with Crippen molar-refractivity contribution in [2.45, 2.75) is 19.3 Å². The van der Waals surface area contributed by atoms with Gasteiger partial charge in [0.25, 0.3) is 0 Å². The van der Waals surface area contributed by atoms with E-state index in [1.807, 2.05) is 12.1 Å². The molecule has 0 bridgehead atoms. The Kier molecular flexibility index (Phi) is 3.50. The number of hydrogen-bond donors (Lipinski definition) is 1. The number of rotatable bonds is 3. The van der Waals surface area contributed by atoms with Crippen LogP contribution >= 0.6 is 0 Å². The molecule has 3 heteroatoms. The second kappa shape index (κ2) is 5.32. The summed E-state index contributed by atoms with van der Waals surface area (Å²) in [6.45, 7) is 2.24. The second-order valence-electron chi connectivity index (χ2n) is 5.60. The van der Waals surface area contributed by atoms with Crippen molar-refractivity contribution in [2.75, 3.05) is 14.2 Å². The van der Waals surface area contributed by atoms with Crippen molar-refractivity contribution in [3.63, 3.8) is 0 Å². The van der Waals surface area contributed by atoms with E-state index in [0.29, 0.717) is 17.4 Å². The summed E-state index contributed by atoms with van der Waals surface area (Å²) < 4.78 is 10.8. The van der Waals surface area contributed by atoms with Gasteiger partial charge in [0.1, 0.15) is 0 Å². The quantitative estimate of drug-likeness (QED) is 0.933. The van der Waals surface area contributed by atoms with Crippen molar-refractivity contribution < 1.29 is 14.6 Å². The van der Waals surface area contributed by atoms with Crippen LogP contribution in [0.4, 0.5) is 0 Å². The first kappa shape index (κ1) is 13.8. The lowest BCUT2D eigenvalue weighted by Gasteiger charge is -2.20. The molecule has 0 heterocycles. The molecule has 0 spiro atoms. The van der Waals surface area contributed by atoms with Crippen LogP contribution in [0.5, 0.6) is 17.2 Å². The topological polar surface area (TPSA) is 38.7 Å². The van der Waals surface area contributed by atoms with Crippen LogP contribution in [0.15, 0.2) is 36.4 Å². The number of aromatic hydroxyl groups is 1. The average molecular weight is 284 g/mol. The minimum Gasteiger partial charge on any atom is -0.502 e. The molecule has 2 atom stereocenters. The third kappa shape index (κ3) is 2.13. The molecule has 0 saturated carbocycles. The standard InChI is InChI=1S/C18H20O3/c1-11-9-13-10-14(20-2)17(19)18(21-3)16(13)15(11)12-7-5-4-6-8-12/h4-8,10-11,15,19H,9H2,1-3H3/t11-,15-/m0/s1. The van der Waals surface area contributed by atoms with Crippen LogP contribution in [0.3, 0.4) is 0 Å².